The van der Waals surface area contributed by atoms with E-state index in [2.05, 4.69) is 23.2 Å². The van der Waals surface area contributed by atoms with Crippen LogP contribution in [0.2, 0.25) is 0 Å². The molecule has 1 aromatic heterocycles. The predicted molar refractivity (Wildman–Crippen MR) is 68.5 cm³/mol. The van der Waals surface area contributed by atoms with Gasteiger partial charge in [-0.15, -0.1) is 0 Å². The summed E-state index contributed by atoms with van der Waals surface area (Å²) < 4.78 is 4.27. The summed E-state index contributed by atoms with van der Waals surface area (Å²) in [6.45, 7) is 6.38. The Balaban J connectivity index is 2.60. The van der Waals surface area contributed by atoms with Crippen LogP contribution in [0.1, 0.15) is 26.6 Å². The lowest BCUT2D eigenvalue weighted by Crippen LogP contribution is -2.28. The van der Waals surface area contributed by atoms with Crippen LogP contribution in [0.3, 0.4) is 0 Å². The molecule has 6 heteroatoms. The molecule has 0 aliphatic rings. The molecule has 1 unspecified atom stereocenters. The smallest absolute Gasteiger partial charge is 0.308 e. The van der Waals surface area contributed by atoms with E-state index in [0.717, 1.165) is 17.4 Å². The number of anilines is 1. The molecule has 17 heavy (non-hydrogen) atoms. The molecule has 5 nitrogen and oxygen atoms in total. The fourth-order valence-electron chi connectivity index (χ4n) is 1.41. The number of carbonyl (C=O) groups is 1. The molecule has 1 rings (SSSR count). The maximum absolute atomic E-state index is 10.8. The molecule has 0 spiro atoms. The number of hydrogen-bond acceptors (Lipinski definition) is 5. The molecule has 96 valence electrons. The Kier molecular flexibility index (Phi) is 4.86. The number of aromatic nitrogens is 2. The van der Waals surface area contributed by atoms with Crippen molar-refractivity contribution in [2.24, 2.45) is 11.8 Å². The van der Waals surface area contributed by atoms with Crippen LogP contribution >= 0.6 is 11.5 Å². The molecule has 0 amide bonds. The lowest BCUT2D eigenvalue weighted by Gasteiger charge is -2.17. The van der Waals surface area contributed by atoms with Crippen LogP contribution in [0.25, 0.3) is 0 Å². The first-order valence-corrected chi connectivity index (χ1v) is 6.44. The van der Waals surface area contributed by atoms with Crippen molar-refractivity contribution in [1.29, 1.82) is 0 Å². The van der Waals surface area contributed by atoms with Gasteiger partial charge in [0.2, 0.25) is 5.13 Å². The minimum atomic E-state index is -0.788. The highest BCUT2D eigenvalue weighted by atomic mass is 32.1. The molecule has 0 saturated heterocycles. The number of aliphatic carboxylic acids is 1. The van der Waals surface area contributed by atoms with E-state index in [1.165, 1.54) is 11.5 Å². The van der Waals surface area contributed by atoms with E-state index in [-0.39, 0.29) is 0 Å². The summed E-state index contributed by atoms with van der Waals surface area (Å²) in [7, 11) is 1.85. The third-order valence-electron chi connectivity index (χ3n) is 2.34. The normalized spacial score (nSPS) is 12.8. The lowest BCUT2D eigenvalue weighted by molar-refractivity contribution is -0.140. The van der Waals surface area contributed by atoms with Gasteiger partial charge in [0.1, 0.15) is 5.82 Å². The first-order chi connectivity index (χ1) is 7.90. The first kappa shape index (κ1) is 13.9. The van der Waals surface area contributed by atoms with Gasteiger partial charge in [-0.1, -0.05) is 20.8 Å². The monoisotopic (exact) mass is 257 g/mol. The Labute approximate surface area is 106 Å². The van der Waals surface area contributed by atoms with E-state index in [9.17, 15) is 4.79 Å². The Morgan fingerprint density at radius 3 is 2.65 bits per heavy atom. The fourth-order valence-corrected chi connectivity index (χ4v) is 2.08. The Bertz CT molecular complexity index is 379. The molecular weight excluding hydrogens is 238 g/mol. The van der Waals surface area contributed by atoms with Gasteiger partial charge in [0.05, 0.1) is 5.92 Å². The van der Waals surface area contributed by atoms with E-state index < -0.39 is 11.9 Å². The minimum Gasteiger partial charge on any atom is -0.481 e. The number of hydrogen-bond donors (Lipinski definition) is 1. The average molecular weight is 257 g/mol. The molecule has 1 atom stereocenters. The van der Waals surface area contributed by atoms with Crippen LogP contribution in [0.15, 0.2) is 0 Å². The summed E-state index contributed by atoms with van der Waals surface area (Å²) in [4.78, 5) is 17.0. The zero-order valence-electron chi connectivity index (χ0n) is 10.7. The second-order valence-corrected chi connectivity index (χ2v) is 5.44. The number of carboxylic acids is 1. The van der Waals surface area contributed by atoms with Crippen LogP contribution in [-0.4, -0.2) is 34.0 Å². The number of nitrogens with zero attached hydrogens (tertiary/aromatic N) is 3. The maximum Gasteiger partial charge on any atom is 0.308 e. The van der Waals surface area contributed by atoms with Gasteiger partial charge in [-0.3, -0.25) is 4.79 Å². The van der Waals surface area contributed by atoms with E-state index in [4.69, 9.17) is 5.11 Å². The third kappa shape index (κ3) is 4.30. The molecule has 1 aromatic rings. The van der Waals surface area contributed by atoms with E-state index in [1.807, 2.05) is 11.9 Å². The van der Waals surface area contributed by atoms with Crippen LogP contribution in [-0.2, 0) is 11.2 Å². The first-order valence-electron chi connectivity index (χ1n) is 5.66. The molecule has 0 saturated carbocycles. The van der Waals surface area contributed by atoms with Gasteiger partial charge in [-0.2, -0.15) is 4.37 Å². The van der Waals surface area contributed by atoms with Crippen molar-refractivity contribution in [2.75, 3.05) is 18.5 Å². The highest BCUT2D eigenvalue weighted by Gasteiger charge is 2.16. The van der Waals surface area contributed by atoms with Crippen LogP contribution in [0.4, 0.5) is 5.13 Å². The van der Waals surface area contributed by atoms with Crippen LogP contribution < -0.4 is 4.90 Å². The number of rotatable bonds is 6. The summed E-state index contributed by atoms with van der Waals surface area (Å²) in [5.74, 6) is 0.178. The molecular formula is C11H19N3O2S. The number of carboxylic acid groups (broad SMARTS) is 1. The van der Waals surface area contributed by atoms with Crippen molar-refractivity contribution in [3.05, 3.63) is 5.82 Å². The Morgan fingerprint density at radius 1 is 1.47 bits per heavy atom. The van der Waals surface area contributed by atoms with Crippen LogP contribution in [0.5, 0.6) is 0 Å². The lowest BCUT2D eigenvalue weighted by atomic mass is 10.1. The standard InChI is InChI=1S/C11H19N3O2S/c1-7(2)5-9-12-11(17-13-9)14(4)6-8(3)10(15)16/h7-8H,5-6H2,1-4H3,(H,15,16). The second-order valence-electron chi connectivity index (χ2n) is 4.71. The van der Waals surface area contributed by atoms with Crippen molar-refractivity contribution in [3.8, 4) is 0 Å². The van der Waals surface area contributed by atoms with Crippen molar-refractivity contribution in [2.45, 2.75) is 27.2 Å². The zero-order chi connectivity index (χ0) is 13.0. The van der Waals surface area contributed by atoms with Crippen molar-refractivity contribution >= 4 is 22.6 Å². The highest BCUT2D eigenvalue weighted by Crippen LogP contribution is 2.18. The van der Waals surface area contributed by atoms with Gasteiger partial charge in [-0.05, 0) is 5.92 Å². The molecule has 0 bridgehead atoms. The SMILES string of the molecule is CC(C)Cc1nsc(N(C)CC(C)C(=O)O)n1. The van der Waals surface area contributed by atoms with Gasteiger partial charge in [0, 0.05) is 31.5 Å². The van der Waals surface area contributed by atoms with Gasteiger partial charge >= 0.3 is 5.97 Å². The van der Waals surface area contributed by atoms with Gasteiger partial charge in [0.15, 0.2) is 0 Å². The summed E-state index contributed by atoms with van der Waals surface area (Å²) in [6.07, 6.45) is 0.860. The largest absolute Gasteiger partial charge is 0.481 e. The second kappa shape index (κ2) is 5.95. The molecule has 0 aromatic carbocycles. The maximum atomic E-state index is 10.8. The van der Waals surface area contributed by atoms with Crippen LogP contribution in [0, 0.1) is 11.8 Å². The molecule has 0 aliphatic heterocycles. The zero-order valence-corrected chi connectivity index (χ0v) is 11.5. The van der Waals surface area contributed by atoms with Crippen molar-refractivity contribution in [1.82, 2.24) is 9.36 Å². The average Bonchev–Trinajstić information content (AvgIpc) is 2.64. The van der Waals surface area contributed by atoms with E-state index in [1.54, 1.807) is 6.92 Å². The topological polar surface area (TPSA) is 66.3 Å². The third-order valence-corrected chi connectivity index (χ3v) is 3.21. The summed E-state index contributed by atoms with van der Waals surface area (Å²) >= 11 is 1.33. The highest BCUT2D eigenvalue weighted by molar-refractivity contribution is 7.09. The van der Waals surface area contributed by atoms with Crippen molar-refractivity contribution in [3.63, 3.8) is 0 Å². The minimum absolute atomic E-state index is 0.405. The summed E-state index contributed by atoms with van der Waals surface area (Å²) in [5.41, 5.74) is 0. The summed E-state index contributed by atoms with van der Waals surface area (Å²) in [6, 6.07) is 0. The van der Waals surface area contributed by atoms with Crippen molar-refractivity contribution < 1.29 is 9.90 Å². The molecule has 0 fully saturated rings. The van der Waals surface area contributed by atoms with E-state index in [0.29, 0.717) is 12.5 Å². The summed E-state index contributed by atoms with van der Waals surface area (Å²) in [5, 5.41) is 9.63. The van der Waals surface area contributed by atoms with Gasteiger partial charge in [0.25, 0.3) is 0 Å². The quantitative estimate of drug-likeness (QED) is 0.843. The Hall–Kier alpha value is -1.17. The fraction of sp³-hybridized carbons (Fsp3) is 0.727. The Morgan fingerprint density at radius 2 is 2.12 bits per heavy atom. The molecule has 0 aliphatic carbocycles. The molecule has 1 N–H and O–H groups in total. The van der Waals surface area contributed by atoms with E-state index >= 15 is 0 Å². The molecule has 0 radical (unpaired) electrons. The molecule has 1 heterocycles. The van der Waals surface area contributed by atoms with Gasteiger partial charge < -0.3 is 10.0 Å². The predicted octanol–water partition coefficient (Wildman–Crippen LogP) is 1.89. The van der Waals surface area contributed by atoms with Gasteiger partial charge in [-0.25, -0.2) is 4.98 Å².